The molecule has 34 heavy (non-hydrogen) atoms. The Labute approximate surface area is 200 Å². The lowest BCUT2D eigenvalue weighted by Crippen LogP contribution is -2.33. The average molecular weight is 468 g/mol. The number of nitrogens with one attached hydrogen (secondary N) is 1. The number of thiazole rings is 1. The second-order valence-corrected chi connectivity index (χ2v) is 8.35. The van der Waals surface area contributed by atoms with Gasteiger partial charge in [-0.3, -0.25) is 14.2 Å². The van der Waals surface area contributed by atoms with E-state index < -0.39 is 5.91 Å². The lowest BCUT2D eigenvalue weighted by atomic mass is 10.2. The summed E-state index contributed by atoms with van der Waals surface area (Å²) < 4.78 is 7.30. The highest BCUT2D eigenvalue weighted by atomic mass is 32.1. The van der Waals surface area contributed by atoms with Crippen molar-refractivity contribution in [3.63, 3.8) is 0 Å². The number of para-hydroxylation sites is 1. The van der Waals surface area contributed by atoms with E-state index in [0.29, 0.717) is 16.0 Å². The van der Waals surface area contributed by atoms with E-state index >= 15 is 0 Å². The van der Waals surface area contributed by atoms with E-state index in [0.717, 1.165) is 22.5 Å². The van der Waals surface area contributed by atoms with Crippen molar-refractivity contribution in [2.75, 3.05) is 7.11 Å². The van der Waals surface area contributed by atoms with Gasteiger partial charge in [-0.05, 0) is 41.5 Å². The molecule has 0 aliphatic rings. The van der Waals surface area contributed by atoms with Crippen LogP contribution in [0.25, 0.3) is 17.3 Å². The quantitative estimate of drug-likeness (QED) is 0.473. The van der Waals surface area contributed by atoms with Crippen LogP contribution in [0.4, 0.5) is 0 Å². The van der Waals surface area contributed by atoms with Gasteiger partial charge >= 0.3 is 0 Å². The van der Waals surface area contributed by atoms with E-state index in [1.54, 1.807) is 49.6 Å². The highest BCUT2D eigenvalue weighted by molar-refractivity contribution is 7.07. The smallest absolute Gasteiger partial charge is 0.273 e. The fourth-order valence-corrected chi connectivity index (χ4v) is 4.48. The number of carbonyl (C=O) groups excluding carboxylic acids is 1. The molecular weight excluding hydrogens is 446 g/mol. The van der Waals surface area contributed by atoms with Gasteiger partial charge < -0.3 is 10.1 Å². The van der Waals surface area contributed by atoms with Gasteiger partial charge in [-0.1, -0.05) is 60.7 Å². The fraction of sp³-hybridized carbons (Fsp3) is 0.0741. The van der Waals surface area contributed by atoms with Gasteiger partial charge in [0.25, 0.3) is 11.5 Å². The summed E-state index contributed by atoms with van der Waals surface area (Å²) in [6.45, 7) is 0.274. The third-order valence-electron chi connectivity index (χ3n) is 5.10. The van der Waals surface area contributed by atoms with Crippen molar-refractivity contribution in [3.05, 3.63) is 116 Å². The van der Waals surface area contributed by atoms with E-state index in [2.05, 4.69) is 5.32 Å². The second-order valence-electron chi connectivity index (χ2n) is 7.32. The first-order valence-electron chi connectivity index (χ1n) is 10.5. The van der Waals surface area contributed by atoms with E-state index in [1.807, 2.05) is 54.6 Å². The molecule has 0 unspecified atom stereocenters. The lowest BCUT2D eigenvalue weighted by molar-refractivity contribution is -0.115. The summed E-state index contributed by atoms with van der Waals surface area (Å²) in [5.41, 5.74) is 1.88. The van der Waals surface area contributed by atoms with Gasteiger partial charge in [-0.15, -0.1) is 11.3 Å². The fourth-order valence-electron chi connectivity index (χ4n) is 3.38. The number of ether oxygens (including phenoxy) is 1. The van der Waals surface area contributed by atoms with Crippen molar-refractivity contribution < 1.29 is 9.53 Å². The van der Waals surface area contributed by atoms with Crippen LogP contribution in [-0.2, 0) is 11.3 Å². The first-order valence-corrected chi connectivity index (χ1v) is 11.3. The molecule has 4 rings (SSSR count). The molecule has 1 aromatic heterocycles. The molecule has 4 aromatic rings. The predicted octanol–water partition coefficient (Wildman–Crippen LogP) is 2.73. The van der Waals surface area contributed by atoms with Crippen LogP contribution in [0, 0.1) is 11.3 Å². The number of nitrogens with zero attached hydrogens (tertiary/aromatic N) is 2. The number of rotatable bonds is 6. The molecule has 7 heteroatoms. The Balaban J connectivity index is 1.85. The standard InChI is InChI=1S/C27H21N3O3S/c1-33-22-14-12-19(13-15-22)16-24-26(32)30(21-10-6-3-7-11-21)27(34-24)23(17-28)25(31)29-18-20-8-4-2-5-9-20/h2-16H,18H2,1H3,(H,29,31). The maximum Gasteiger partial charge on any atom is 0.273 e. The van der Waals surface area contributed by atoms with Crippen molar-refractivity contribution in [2.24, 2.45) is 0 Å². The Bertz CT molecular complexity index is 1510. The van der Waals surface area contributed by atoms with Gasteiger partial charge in [0.15, 0.2) is 5.57 Å². The normalized spacial score (nSPS) is 12.1. The van der Waals surface area contributed by atoms with Crippen molar-refractivity contribution in [1.29, 1.82) is 5.26 Å². The zero-order valence-electron chi connectivity index (χ0n) is 18.4. The number of benzene rings is 3. The molecule has 168 valence electrons. The Kier molecular flexibility index (Phi) is 7.01. The van der Waals surface area contributed by atoms with Crippen LogP contribution in [0.3, 0.4) is 0 Å². The zero-order chi connectivity index (χ0) is 23.9. The molecule has 0 saturated heterocycles. The predicted molar refractivity (Wildman–Crippen MR) is 133 cm³/mol. The van der Waals surface area contributed by atoms with E-state index in [1.165, 1.54) is 4.57 Å². The molecule has 1 amide bonds. The van der Waals surface area contributed by atoms with E-state index in [4.69, 9.17) is 4.74 Å². The number of hydrogen-bond acceptors (Lipinski definition) is 5. The first kappa shape index (κ1) is 22.8. The molecule has 0 fully saturated rings. The van der Waals surface area contributed by atoms with Gasteiger partial charge in [-0.2, -0.15) is 5.26 Å². The SMILES string of the molecule is COc1ccc(C=c2sc(=C(C#N)C(=O)NCc3ccccc3)n(-c3ccccc3)c2=O)cc1. The molecule has 1 N–H and O–H groups in total. The van der Waals surface area contributed by atoms with Crippen molar-refractivity contribution >= 4 is 28.9 Å². The van der Waals surface area contributed by atoms with Gasteiger partial charge in [0.05, 0.1) is 17.3 Å². The van der Waals surface area contributed by atoms with Gasteiger partial charge in [0.1, 0.15) is 16.5 Å². The van der Waals surface area contributed by atoms with Crippen LogP contribution in [0.5, 0.6) is 5.75 Å². The number of methoxy groups -OCH3 is 1. The molecule has 0 bridgehead atoms. The van der Waals surface area contributed by atoms with Gasteiger partial charge in [0, 0.05) is 6.54 Å². The highest BCUT2D eigenvalue weighted by Crippen LogP contribution is 2.11. The van der Waals surface area contributed by atoms with Crippen molar-refractivity contribution in [2.45, 2.75) is 6.54 Å². The highest BCUT2D eigenvalue weighted by Gasteiger charge is 2.16. The zero-order valence-corrected chi connectivity index (χ0v) is 19.2. The number of aromatic nitrogens is 1. The molecular formula is C27H21N3O3S. The molecule has 6 nitrogen and oxygen atoms in total. The number of carbonyl (C=O) groups is 1. The van der Waals surface area contributed by atoms with Crippen molar-refractivity contribution in [1.82, 2.24) is 9.88 Å². The Hall–Kier alpha value is -4.41. The third kappa shape index (κ3) is 4.98. The molecule has 0 aliphatic heterocycles. The van der Waals surface area contributed by atoms with Crippen LogP contribution in [0.2, 0.25) is 0 Å². The largest absolute Gasteiger partial charge is 0.497 e. The minimum Gasteiger partial charge on any atom is -0.497 e. The maximum atomic E-state index is 13.4. The lowest BCUT2D eigenvalue weighted by Gasteiger charge is -2.06. The summed E-state index contributed by atoms with van der Waals surface area (Å²) in [6.07, 6.45) is 1.74. The molecule has 0 radical (unpaired) electrons. The molecule has 0 saturated carbocycles. The minimum absolute atomic E-state index is 0.115. The first-order chi connectivity index (χ1) is 16.6. The molecule has 1 heterocycles. The van der Waals surface area contributed by atoms with E-state index in [9.17, 15) is 14.9 Å². The number of amides is 1. The van der Waals surface area contributed by atoms with Crippen LogP contribution < -0.4 is 24.8 Å². The maximum absolute atomic E-state index is 13.4. The molecule has 3 aromatic carbocycles. The van der Waals surface area contributed by atoms with Crippen LogP contribution >= 0.6 is 11.3 Å². The van der Waals surface area contributed by atoms with Crippen LogP contribution in [-0.4, -0.2) is 17.6 Å². The Morgan fingerprint density at radius 3 is 2.29 bits per heavy atom. The van der Waals surface area contributed by atoms with Gasteiger partial charge in [-0.25, -0.2) is 0 Å². The molecule has 0 aliphatic carbocycles. The number of hydrogen-bond donors (Lipinski definition) is 1. The minimum atomic E-state index is -0.534. The Morgan fingerprint density at radius 2 is 1.68 bits per heavy atom. The second kappa shape index (κ2) is 10.5. The summed E-state index contributed by atoms with van der Waals surface area (Å²) in [4.78, 5) is 26.4. The molecule has 0 spiro atoms. The summed E-state index contributed by atoms with van der Waals surface area (Å²) in [6, 6.07) is 27.7. The summed E-state index contributed by atoms with van der Waals surface area (Å²) in [7, 11) is 1.59. The number of nitriles is 1. The average Bonchev–Trinajstić information content (AvgIpc) is 3.20. The van der Waals surface area contributed by atoms with Gasteiger partial charge in [0.2, 0.25) is 0 Å². The molecule has 0 atom stereocenters. The Morgan fingerprint density at radius 1 is 1.03 bits per heavy atom. The topological polar surface area (TPSA) is 84.1 Å². The van der Waals surface area contributed by atoms with E-state index in [-0.39, 0.29) is 22.3 Å². The van der Waals surface area contributed by atoms with Crippen LogP contribution in [0.1, 0.15) is 11.1 Å². The van der Waals surface area contributed by atoms with Crippen LogP contribution in [0.15, 0.2) is 89.7 Å². The monoisotopic (exact) mass is 467 g/mol. The summed E-state index contributed by atoms with van der Waals surface area (Å²) >= 11 is 1.11. The summed E-state index contributed by atoms with van der Waals surface area (Å²) in [5.74, 6) is 0.175. The third-order valence-corrected chi connectivity index (χ3v) is 6.19. The van der Waals surface area contributed by atoms with Crippen molar-refractivity contribution in [3.8, 4) is 17.5 Å². The summed E-state index contributed by atoms with van der Waals surface area (Å²) in [5, 5.41) is 12.7.